The lowest BCUT2D eigenvalue weighted by atomic mass is 10.1. The second-order valence-corrected chi connectivity index (χ2v) is 4.41. The van der Waals surface area contributed by atoms with E-state index in [0.717, 1.165) is 18.4 Å². The number of amides is 1. The molecule has 0 radical (unpaired) electrons. The molecule has 1 aliphatic carbocycles. The van der Waals surface area contributed by atoms with E-state index in [4.69, 9.17) is 4.74 Å². The van der Waals surface area contributed by atoms with Gasteiger partial charge in [0.05, 0.1) is 13.5 Å². The van der Waals surface area contributed by atoms with Crippen LogP contribution >= 0.6 is 0 Å². The Bertz CT molecular complexity index is 427. The van der Waals surface area contributed by atoms with Gasteiger partial charge in [0.1, 0.15) is 11.5 Å². The highest BCUT2D eigenvalue weighted by molar-refractivity contribution is 5.80. The van der Waals surface area contributed by atoms with E-state index in [9.17, 15) is 9.90 Å². The predicted molar refractivity (Wildman–Crippen MR) is 64.2 cm³/mol. The summed E-state index contributed by atoms with van der Waals surface area (Å²) in [5, 5.41) is 9.43. The van der Waals surface area contributed by atoms with E-state index in [1.54, 1.807) is 30.2 Å². The summed E-state index contributed by atoms with van der Waals surface area (Å²) in [6.07, 6.45) is 2.46. The molecule has 4 nitrogen and oxygen atoms in total. The fourth-order valence-corrected chi connectivity index (χ4v) is 1.86. The number of hydrogen-bond donors (Lipinski definition) is 1. The van der Waals surface area contributed by atoms with Crippen molar-refractivity contribution < 1.29 is 14.6 Å². The van der Waals surface area contributed by atoms with E-state index in [2.05, 4.69) is 0 Å². The summed E-state index contributed by atoms with van der Waals surface area (Å²) in [5.74, 6) is 0.861. The average Bonchev–Trinajstić information content (AvgIpc) is 3.12. The van der Waals surface area contributed by atoms with Crippen LogP contribution in [-0.2, 0) is 11.2 Å². The van der Waals surface area contributed by atoms with E-state index >= 15 is 0 Å². The number of aromatic hydroxyl groups is 1. The molecule has 1 saturated carbocycles. The smallest absolute Gasteiger partial charge is 0.227 e. The highest BCUT2D eigenvalue weighted by atomic mass is 16.5. The third-order valence-electron chi connectivity index (χ3n) is 3.09. The number of nitrogens with zero attached hydrogens (tertiary/aromatic N) is 1. The lowest BCUT2D eigenvalue weighted by Gasteiger charge is -2.17. The van der Waals surface area contributed by atoms with Crippen molar-refractivity contribution in [1.29, 1.82) is 0 Å². The van der Waals surface area contributed by atoms with Gasteiger partial charge in [-0.15, -0.1) is 0 Å². The van der Waals surface area contributed by atoms with Crippen molar-refractivity contribution in [2.75, 3.05) is 14.2 Å². The van der Waals surface area contributed by atoms with E-state index in [1.807, 2.05) is 7.05 Å². The number of rotatable bonds is 4. The minimum absolute atomic E-state index is 0.0661. The molecule has 0 bridgehead atoms. The van der Waals surface area contributed by atoms with Crippen LogP contribution < -0.4 is 4.74 Å². The Morgan fingerprint density at radius 2 is 2.24 bits per heavy atom. The van der Waals surface area contributed by atoms with Crippen molar-refractivity contribution in [3.63, 3.8) is 0 Å². The van der Waals surface area contributed by atoms with Gasteiger partial charge >= 0.3 is 0 Å². The summed E-state index contributed by atoms with van der Waals surface area (Å²) in [6.45, 7) is 0. The molecule has 0 atom stereocenters. The number of carbonyl (C=O) groups excluding carboxylic acids is 1. The van der Waals surface area contributed by atoms with Gasteiger partial charge in [-0.25, -0.2) is 0 Å². The molecular weight excluding hydrogens is 218 g/mol. The molecule has 1 N–H and O–H groups in total. The van der Waals surface area contributed by atoms with Crippen LogP contribution in [0.2, 0.25) is 0 Å². The van der Waals surface area contributed by atoms with Gasteiger partial charge in [0.2, 0.25) is 5.91 Å². The maximum absolute atomic E-state index is 12.0. The Hall–Kier alpha value is -1.71. The van der Waals surface area contributed by atoms with Crippen molar-refractivity contribution >= 4 is 5.91 Å². The molecule has 0 spiro atoms. The summed E-state index contributed by atoms with van der Waals surface area (Å²) in [6, 6.07) is 5.22. The second kappa shape index (κ2) is 4.65. The largest absolute Gasteiger partial charge is 0.508 e. The molecule has 0 heterocycles. The highest BCUT2D eigenvalue weighted by Gasteiger charge is 2.29. The van der Waals surface area contributed by atoms with Crippen molar-refractivity contribution in [3.05, 3.63) is 23.8 Å². The van der Waals surface area contributed by atoms with Gasteiger partial charge in [-0.05, 0) is 31.0 Å². The third-order valence-corrected chi connectivity index (χ3v) is 3.09. The number of likely N-dealkylation sites (N-methyl/N-ethyl adjacent to an activating group) is 1. The minimum atomic E-state index is 0.0661. The number of hydrogen-bond acceptors (Lipinski definition) is 3. The fraction of sp³-hybridized carbons (Fsp3) is 0.462. The zero-order chi connectivity index (χ0) is 12.4. The Kier molecular flexibility index (Phi) is 3.22. The monoisotopic (exact) mass is 235 g/mol. The molecule has 1 aromatic carbocycles. The van der Waals surface area contributed by atoms with Gasteiger partial charge in [-0.3, -0.25) is 4.79 Å². The Balaban J connectivity index is 2.11. The molecule has 4 heteroatoms. The lowest BCUT2D eigenvalue weighted by Crippen LogP contribution is -2.30. The highest BCUT2D eigenvalue weighted by Crippen LogP contribution is 2.28. The number of benzene rings is 1. The number of phenolic OH excluding ortho intramolecular Hbond substituents is 1. The van der Waals surface area contributed by atoms with Crippen molar-refractivity contribution in [3.8, 4) is 11.5 Å². The SMILES string of the molecule is COc1ccc(O)cc1CC(=O)N(C)C1CC1. The van der Waals surface area contributed by atoms with Gasteiger partial charge in [0, 0.05) is 18.7 Å². The number of carbonyl (C=O) groups is 1. The molecule has 0 unspecified atom stereocenters. The Morgan fingerprint density at radius 1 is 1.53 bits per heavy atom. The third kappa shape index (κ3) is 2.70. The fourth-order valence-electron chi connectivity index (χ4n) is 1.86. The van der Waals surface area contributed by atoms with Crippen LogP contribution in [0.4, 0.5) is 0 Å². The molecule has 92 valence electrons. The first kappa shape index (κ1) is 11.8. The molecule has 17 heavy (non-hydrogen) atoms. The minimum Gasteiger partial charge on any atom is -0.508 e. The summed E-state index contributed by atoms with van der Waals surface area (Å²) in [5.41, 5.74) is 0.727. The van der Waals surface area contributed by atoms with Crippen LogP contribution in [0.5, 0.6) is 11.5 Å². The first-order valence-corrected chi connectivity index (χ1v) is 5.73. The van der Waals surface area contributed by atoms with Crippen molar-refractivity contribution in [2.45, 2.75) is 25.3 Å². The molecule has 0 aromatic heterocycles. The number of methoxy groups -OCH3 is 1. The van der Waals surface area contributed by atoms with E-state index in [-0.39, 0.29) is 18.1 Å². The van der Waals surface area contributed by atoms with Crippen molar-refractivity contribution in [2.24, 2.45) is 0 Å². The molecular formula is C13H17NO3. The number of phenols is 1. The summed E-state index contributed by atoms with van der Waals surface area (Å²) >= 11 is 0. The summed E-state index contributed by atoms with van der Waals surface area (Å²) in [7, 11) is 3.39. The van der Waals surface area contributed by atoms with E-state index in [0.29, 0.717) is 11.8 Å². The molecule has 1 aliphatic rings. The summed E-state index contributed by atoms with van der Waals surface area (Å²) < 4.78 is 5.18. The average molecular weight is 235 g/mol. The first-order chi connectivity index (χ1) is 8.11. The van der Waals surface area contributed by atoms with Crippen LogP contribution in [0.3, 0.4) is 0 Å². The van der Waals surface area contributed by atoms with Crippen LogP contribution in [0.15, 0.2) is 18.2 Å². The van der Waals surface area contributed by atoms with Gasteiger partial charge in [-0.2, -0.15) is 0 Å². The zero-order valence-corrected chi connectivity index (χ0v) is 10.1. The van der Waals surface area contributed by atoms with Crippen molar-refractivity contribution in [1.82, 2.24) is 4.90 Å². The topological polar surface area (TPSA) is 49.8 Å². The van der Waals surface area contributed by atoms with Gasteiger partial charge < -0.3 is 14.7 Å². The second-order valence-electron chi connectivity index (χ2n) is 4.41. The van der Waals surface area contributed by atoms with E-state index < -0.39 is 0 Å². The van der Waals surface area contributed by atoms with Crippen LogP contribution in [0.25, 0.3) is 0 Å². The molecule has 1 amide bonds. The molecule has 0 aliphatic heterocycles. The van der Waals surface area contributed by atoms with Crippen LogP contribution in [0.1, 0.15) is 18.4 Å². The van der Waals surface area contributed by atoms with Crippen LogP contribution in [-0.4, -0.2) is 36.1 Å². The number of ether oxygens (including phenoxy) is 1. The normalized spacial score (nSPS) is 14.5. The first-order valence-electron chi connectivity index (χ1n) is 5.73. The zero-order valence-electron chi connectivity index (χ0n) is 10.1. The molecule has 1 fully saturated rings. The maximum Gasteiger partial charge on any atom is 0.227 e. The Labute approximate surface area is 101 Å². The molecule has 1 aromatic rings. The predicted octanol–water partition coefficient (Wildman–Crippen LogP) is 1.56. The Morgan fingerprint density at radius 3 is 2.82 bits per heavy atom. The van der Waals surface area contributed by atoms with E-state index in [1.165, 1.54) is 0 Å². The van der Waals surface area contributed by atoms with Gasteiger partial charge in [0.15, 0.2) is 0 Å². The quantitative estimate of drug-likeness (QED) is 0.861. The molecule has 0 saturated heterocycles. The molecule has 2 rings (SSSR count). The summed E-state index contributed by atoms with van der Waals surface area (Å²) in [4.78, 5) is 13.7. The van der Waals surface area contributed by atoms with Gasteiger partial charge in [0.25, 0.3) is 0 Å². The van der Waals surface area contributed by atoms with Gasteiger partial charge in [-0.1, -0.05) is 0 Å². The maximum atomic E-state index is 12.0. The lowest BCUT2D eigenvalue weighted by molar-refractivity contribution is -0.129. The standard InChI is InChI=1S/C13H17NO3/c1-14(10-3-4-10)13(16)8-9-7-11(15)5-6-12(9)17-2/h5-7,10,15H,3-4,8H2,1-2H3. The van der Waals surface area contributed by atoms with Crippen LogP contribution in [0, 0.1) is 0 Å².